The van der Waals surface area contributed by atoms with Gasteiger partial charge in [-0.1, -0.05) is 70.1 Å². The Hall–Kier alpha value is -2.10. The maximum Gasteiger partial charge on any atom is 0.188 e. The number of thioether (sulfide) groups is 1. The van der Waals surface area contributed by atoms with Crippen molar-refractivity contribution in [2.75, 3.05) is 5.32 Å². The third-order valence-electron chi connectivity index (χ3n) is 4.74. The molecule has 0 amide bonds. The molecule has 3 heterocycles. The van der Waals surface area contributed by atoms with Crippen LogP contribution in [0.2, 0.25) is 0 Å². The van der Waals surface area contributed by atoms with Crippen LogP contribution in [0.1, 0.15) is 64.8 Å². The normalized spacial score (nSPS) is 12.3. The summed E-state index contributed by atoms with van der Waals surface area (Å²) in [6.45, 7) is 11.4. The largest absolute Gasteiger partial charge is 0.315 e. The number of hydrogen-bond donors (Lipinski definition) is 2. The zero-order chi connectivity index (χ0) is 22.9. The Bertz CT molecular complexity index is 973. The highest BCUT2D eigenvalue weighted by Crippen LogP contribution is 2.31. The van der Waals surface area contributed by atoms with Crippen LogP contribution in [0.3, 0.4) is 0 Å². The smallest absolute Gasteiger partial charge is 0.188 e. The van der Waals surface area contributed by atoms with Crippen LogP contribution in [-0.4, -0.2) is 36.2 Å². The molecule has 0 saturated heterocycles. The van der Waals surface area contributed by atoms with Gasteiger partial charge in [0.15, 0.2) is 16.1 Å². The predicted octanol–water partition coefficient (Wildman–Crippen LogP) is 6.00. The number of nitrogens with zero attached hydrogens (tertiary/aromatic N) is 5. The number of nitrogens with one attached hydrogen (secondary N) is 2. The highest BCUT2D eigenvalue weighted by atomic mass is 32.2. The van der Waals surface area contributed by atoms with Crippen molar-refractivity contribution in [3.05, 3.63) is 36.0 Å². The van der Waals surface area contributed by atoms with Crippen molar-refractivity contribution >= 4 is 34.0 Å². The van der Waals surface area contributed by atoms with Crippen molar-refractivity contribution in [1.82, 2.24) is 30.2 Å². The Morgan fingerprint density at radius 3 is 2.59 bits per heavy atom. The summed E-state index contributed by atoms with van der Waals surface area (Å²) in [5.74, 6) is 0.676. The van der Waals surface area contributed by atoms with Gasteiger partial charge in [0.05, 0.1) is 28.7 Å². The van der Waals surface area contributed by atoms with E-state index in [4.69, 9.17) is 4.98 Å². The zero-order valence-corrected chi connectivity index (χ0v) is 21.2. The lowest BCUT2D eigenvalue weighted by Gasteiger charge is -2.10. The van der Waals surface area contributed by atoms with E-state index in [1.807, 2.05) is 19.2 Å². The Labute approximate surface area is 199 Å². The van der Waals surface area contributed by atoms with Gasteiger partial charge in [-0.25, -0.2) is 19.9 Å². The molecule has 9 heteroatoms. The summed E-state index contributed by atoms with van der Waals surface area (Å²) in [6, 6.07) is 2.43. The van der Waals surface area contributed by atoms with Crippen LogP contribution < -0.4 is 10.6 Å². The maximum atomic E-state index is 4.80. The molecule has 7 nitrogen and oxygen atoms in total. The highest BCUT2D eigenvalue weighted by molar-refractivity contribution is 7.99. The quantitative estimate of drug-likeness (QED) is 0.189. The van der Waals surface area contributed by atoms with Gasteiger partial charge in [-0.05, 0) is 19.4 Å². The Balaban J connectivity index is 1.64. The van der Waals surface area contributed by atoms with Gasteiger partial charge < -0.3 is 10.6 Å². The summed E-state index contributed by atoms with van der Waals surface area (Å²) in [4.78, 5) is 23.8. The van der Waals surface area contributed by atoms with E-state index in [2.05, 4.69) is 58.3 Å². The van der Waals surface area contributed by atoms with Crippen LogP contribution >= 0.6 is 23.1 Å². The second-order valence-corrected chi connectivity index (χ2v) is 10.6. The van der Waals surface area contributed by atoms with Gasteiger partial charge in [0.1, 0.15) is 0 Å². The van der Waals surface area contributed by atoms with Crippen molar-refractivity contribution in [3.8, 4) is 10.6 Å². The van der Waals surface area contributed by atoms with Crippen molar-refractivity contribution in [2.45, 2.75) is 83.3 Å². The van der Waals surface area contributed by atoms with Gasteiger partial charge in [-0.2, -0.15) is 0 Å². The second-order valence-electron chi connectivity index (χ2n) is 8.18. The average Bonchev–Trinajstić information content (AvgIpc) is 3.21. The van der Waals surface area contributed by atoms with Gasteiger partial charge in [0.25, 0.3) is 0 Å². The van der Waals surface area contributed by atoms with Crippen LogP contribution in [0.25, 0.3) is 10.6 Å². The minimum Gasteiger partial charge on any atom is -0.315 e. The van der Waals surface area contributed by atoms with Gasteiger partial charge in [0, 0.05) is 29.7 Å². The number of aryl methyl sites for hydroxylation is 1. The molecule has 1 atom stereocenters. The van der Waals surface area contributed by atoms with Crippen LogP contribution in [0.4, 0.5) is 10.9 Å². The van der Waals surface area contributed by atoms with Crippen LogP contribution in [0.5, 0.6) is 0 Å². The molecule has 0 spiro atoms. The molecule has 0 fully saturated rings. The number of anilines is 2. The summed E-state index contributed by atoms with van der Waals surface area (Å²) in [6.07, 6.45) is 10.3. The van der Waals surface area contributed by atoms with E-state index >= 15 is 0 Å². The van der Waals surface area contributed by atoms with Gasteiger partial charge in [-0.3, -0.25) is 4.98 Å². The first-order valence-corrected chi connectivity index (χ1v) is 12.9. The molecular formula is C23H33N7S2. The molecule has 0 aliphatic rings. The summed E-state index contributed by atoms with van der Waals surface area (Å²) in [5.41, 5.74) is 2.79. The van der Waals surface area contributed by atoms with Crippen LogP contribution in [-0.2, 0) is 6.54 Å². The Morgan fingerprint density at radius 2 is 1.88 bits per heavy atom. The molecule has 0 aromatic carbocycles. The monoisotopic (exact) mass is 471 g/mol. The molecule has 1 unspecified atom stereocenters. The minimum absolute atomic E-state index is 0.414. The summed E-state index contributed by atoms with van der Waals surface area (Å²) in [5, 5.41) is 8.69. The van der Waals surface area contributed by atoms with Crippen molar-refractivity contribution in [1.29, 1.82) is 0 Å². The van der Waals surface area contributed by atoms with E-state index in [1.54, 1.807) is 35.5 Å². The molecule has 3 rings (SSSR count). The van der Waals surface area contributed by atoms with E-state index < -0.39 is 0 Å². The molecule has 2 N–H and O–H groups in total. The number of rotatable bonds is 12. The molecule has 0 aliphatic heterocycles. The zero-order valence-electron chi connectivity index (χ0n) is 19.6. The average molecular weight is 472 g/mol. The fourth-order valence-electron chi connectivity index (χ4n) is 3.02. The van der Waals surface area contributed by atoms with Crippen molar-refractivity contribution in [2.24, 2.45) is 0 Å². The van der Waals surface area contributed by atoms with Gasteiger partial charge in [0.2, 0.25) is 0 Å². The molecule has 3 aromatic rings. The van der Waals surface area contributed by atoms with Crippen LogP contribution in [0.15, 0.2) is 29.8 Å². The highest BCUT2D eigenvalue weighted by Gasteiger charge is 2.12. The first-order chi connectivity index (χ1) is 15.4. The molecule has 0 aliphatic carbocycles. The number of hydrogen-bond acceptors (Lipinski definition) is 9. The maximum absolute atomic E-state index is 4.80. The second kappa shape index (κ2) is 12.2. The third kappa shape index (κ3) is 7.79. The SMILES string of the molecule is CCCCCC(C)Sc1nc(C)cc(-c2cnc(Nc3cnc(CNC(C)C)cn3)s2)n1. The Morgan fingerprint density at radius 1 is 1.03 bits per heavy atom. The van der Waals surface area contributed by atoms with E-state index in [0.29, 0.717) is 23.7 Å². The lowest BCUT2D eigenvalue weighted by Crippen LogP contribution is -2.22. The van der Waals surface area contributed by atoms with Gasteiger partial charge >= 0.3 is 0 Å². The molecular weight excluding hydrogens is 438 g/mol. The van der Waals surface area contributed by atoms with E-state index in [0.717, 1.165) is 32.2 Å². The molecule has 172 valence electrons. The summed E-state index contributed by atoms with van der Waals surface area (Å²) in [7, 11) is 0. The van der Waals surface area contributed by atoms with Crippen LogP contribution in [0, 0.1) is 6.92 Å². The van der Waals surface area contributed by atoms with E-state index in [-0.39, 0.29) is 0 Å². The van der Waals surface area contributed by atoms with E-state index in [1.165, 1.54) is 25.7 Å². The third-order valence-corrected chi connectivity index (χ3v) is 6.71. The molecule has 0 radical (unpaired) electrons. The Kier molecular flexibility index (Phi) is 9.37. The lowest BCUT2D eigenvalue weighted by molar-refractivity contribution is 0.580. The first-order valence-electron chi connectivity index (χ1n) is 11.2. The van der Waals surface area contributed by atoms with Crippen molar-refractivity contribution < 1.29 is 0 Å². The summed E-state index contributed by atoms with van der Waals surface area (Å²) >= 11 is 3.31. The fourth-order valence-corrected chi connectivity index (χ4v) is 4.80. The number of unbranched alkanes of at least 4 members (excludes halogenated alkanes) is 2. The van der Waals surface area contributed by atoms with Gasteiger partial charge in [-0.15, -0.1) is 0 Å². The lowest BCUT2D eigenvalue weighted by atomic mass is 10.2. The fraction of sp³-hybridized carbons (Fsp3) is 0.522. The predicted molar refractivity (Wildman–Crippen MR) is 135 cm³/mol. The first kappa shape index (κ1) is 24.5. The molecule has 32 heavy (non-hydrogen) atoms. The number of aromatic nitrogens is 5. The minimum atomic E-state index is 0.414. The summed E-state index contributed by atoms with van der Waals surface area (Å²) < 4.78 is 0. The van der Waals surface area contributed by atoms with E-state index in [9.17, 15) is 0 Å². The number of thiazole rings is 1. The molecule has 0 bridgehead atoms. The molecule has 3 aromatic heterocycles. The molecule has 0 saturated carbocycles. The van der Waals surface area contributed by atoms with Crippen molar-refractivity contribution in [3.63, 3.8) is 0 Å². The topological polar surface area (TPSA) is 88.5 Å². The standard InChI is InChI=1S/C23H33N7S2/c1-6-7-8-9-17(5)31-23-28-16(4)10-19(29-23)20-13-27-22(32-20)30-21-14-25-18(12-26-21)11-24-15(2)3/h10,12-15,17,24H,6-9,11H2,1-5H3,(H,26,27,30).